The van der Waals surface area contributed by atoms with E-state index in [0.29, 0.717) is 35.6 Å². The van der Waals surface area contributed by atoms with Gasteiger partial charge in [-0.1, -0.05) is 34.1 Å². The quantitative estimate of drug-likeness (QED) is 0.469. The number of hydrogen-bond donors (Lipinski definition) is 0. The van der Waals surface area contributed by atoms with Crippen LogP contribution in [0.4, 0.5) is 5.69 Å². The fourth-order valence-corrected chi connectivity index (χ4v) is 5.82. The van der Waals surface area contributed by atoms with Gasteiger partial charge >= 0.3 is 5.97 Å². The van der Waals surface area contributed by atoms with Gasteiger partial charge in [-0.15, -0.1) is 11.3 Å². The standard InChI is InChI=1S/C27H36N2O4S/c1-7-23-26(30)29(17(5)27(31)33-25-12-16(4)8-10-20(25)15(2)3)22-13-19(9-11-24(22)32-23)21-14-34-18(6)28-21/h9,11,13-17,20,23,25H,7-8,10,12H2,1-6H3. The predicted molar refractivity (Wildman–Crippen MR) is 135 cm³/mol. The van der Waals surface area contributed by atoms with Crippen LogP contribution in [0.15, 0.2) is 23.6 Å². The van der Waals surface area contributed by atoms with Gasteiger partial charge in [0, 0.05) is 10.9 Å². The monoisotopic (exact) mass is 484 g/mol. The molecule has 0 bridgehead atoms. The van der Waals surface area contributed by atoms with Crippen LogP contribution in [0.1, 0.15) is 65.3 Å². The second kappa shape index (κ2) is 10.1. The molecule has 184 valence electrons. The van der Waals surface area contributed by atoms with Gasteiger partial charge < -0.3 is 9.47 Å². The molecule has 4 rings (SSSR count). The number of thiazole rings is 1. The van der Waals surface area contributed by atoms with Crippen molar-refractivity contribution in [1.82, 2.24) is 4.98 Å². The lowest BCUT2D eigenvalue weighted by molar-refractivity contribution is -0.158. The fraction of sp³-hybridized carbons (Fsp3) is 0.593. The van der Waals surface area contributed by atoms with Crippen LogP contribution in [0.2, 0.25) is 0 Å². The zero-order valence-corrected chi connectivity index (χ0v) is 21.9. The van der Waals surface area contributed by atoms with E-state index in [9.17, 15) is 9.59 Å². The summed E-state index contributed by atoms with van der Waals surface area (Å²) >= 11 is 1.58. The molecule has 2 aliphatic rings. The second-order valence-corrected chi connectivity index (χ2v) is 11.2. The Balaban J connectivity index is 1.63. The SMILES string of the molecule is CCC1Oc2ccc(-c3csc(C)n3)cc2N(C(C)C(=O)OC2CC(C)CCC2C(C)C)C1=O. The van der Waals surface area contributed by atoms with E-state index in [2.05, 4.69) is 25.8 Å². The Kier molecular flexibility index (Phi) is 7.31. The first-order valence-electron chi connectivity index (χ1n) is 12.5. The number of anilines is 1. The van der Waals surface area contributed by atoms with Gasteiger partial charge in [-0.2, -0.15) is 0 Å². The predicted octanol–water partition coefficient (Wildman–Crippen LogP) is 6.02. The van der Waals surface area contributed by atoms with Gasteiger partial charge in [0.05, 0.1) is 16.4 Å². The molecule has 1 aliphatic heterocycles. The summed E-state index contributed by atoms with van der Waals surface area (Å²) in [4.78, 5) is 33.0. The molecule has 0 radical (unpaired) electrons. The number of esters is 1. The number of amides is 1. The molecule has 0 N–H and O–H groups in total. The lowest BCUT2D eigenvalue weighted by Gasteiger charge is -2.40. The minimum Gasteiger partial charge on any atom is -0.478 e. The van der Waals surface area contributed by atoms with E-state index in [1.54, 1.807) is 23.2 Å². The molecule has 0 spiro atoms. The highest BCUT2D eigenvalue weighted by Crippen LogP contribution is 2.40. The maximum Gasteiger partial charge on any atom is 0.329 e. The molecule has 1 saturated carbocycles. The van der Waals surface area contributed by atoms with Crippen molar-refractivity contribution >= 4 is 28.9 Å². The van der Waals surface area contributed by atoms with E-state index < -0.39 is 12.1 Å². The summed E-state index contributed by atoms with van der Waals surface area (Å²) in [5.74, 6) is 1.37. The Morgan fingerprint density at radius 1 is 1.29 bits per heavy atom. The summed E-state index contributed by atoms with van der Waals surface area (Å²) in [5, 5.41) is 2.97. The Morgan fingerprint density at radius 3 is 2.71 bits per heavy atom. The van der Waals surface area contributed by atoms with E-state index in [1.807, 2.05) is 37.4 Å². The van der Waals surface area contributed by atoms with E-state index >= 15 is 0 Å². The number of carbonyl (C=O) groups is 2. The third-order valence-electron chi connectivity index (χ3n) is 7.24. The molecular formula is C27H36N2O4S. The van der Waals surface area contributed by atoms with Crippen LogP contribution in [0.5, 0.6) is 5.75 Å². The first-order valence-corrected chi connectivity index (χ1v) is 13.3. The smallest absolute Gasteiger partial charge is 0.329 e. The topological polar surface area (TPSA) is 68.7 Å². The number of rotatable bonds is 6. The molecule has 34 heavy (non-hydrogen) atoms. The van der Waals surface area contributed by atoms with Crippen molar-refractivity contribution in [3.05, 3.63) is 28.6 Å². The van der Waals surface area contributed by atoms with Crippen molar-refractivity contribution in [3.63, 3.8) is 0 Å². The fourth-order valence-electron chi connectivity index (χ4n) is 5.20. The van der Waals surface area contributed by atoms with Crippen LogP contribution in [0, 0.1) is 24.7 Å². The maximum absolute atomic E-state index is 13.4. The first-order chi connectivity index (χ1) is 16.2. The summed E-state index contributed by atoms with van der Waals surface area (Å²) in [6, 6.07) is 4.98. The van der Waals surface area contributed by atoms with Crippen LogP contribution in [0.25, 0.3) is 11.3 Å². The molecule has 0 saturated heterocycles. The Hall–Kier alpha value is -2.41. The summed E-state index contributed by atoms with van der Waals surface area (Å²) < 4.78 is 12.1. The van der Waals surface area contributed by atoms with E-state index in [4.69, 9.17) is 9.47 Å². The van der Waals surface area contributed by atoms with Gasteiger partial charge in [0.25, 0.3) is 5.91 Å². The highest BCUT2D eigenvalue weighted by atomic mass is 32.1. The zero-order valence-electron chi connectivity index (χ0n) is 21.0. The van der Waals surface area contributed by atoms with Crippen molar-refractivity contribution in [1.29, 1.82) is 0 Å². The highest BCUT2D eigenvalue weighted by molar-refractivity contribution is 7.09. The number of ether oxygens (including phenoxy) is 2. The van der Waals surface area contributed by atoms with Crippen molar-refractivity contribution in [2.24, 2.45) is 17.8 Å². The number of aryl methyl sites for hydroxylation is 1. The number of carbonyl (C=O) groups excluding carboxylic acids is 2. The number of benzene rings is 1. The average molecular weight is 485 g/mol. The number of fused-ring (bicyclic) bond motifs is 1. The van der Waals surface area contributed by atoms with Gasteiger partial charge in [-0.3, -0.25) is 9.69 Å². The zero-order chi connectivity index (χ0) is 24.6. The minimum absolute atomic E-state index is 0.111. The molecule has 1 aliphatic carbocycles. The normalized spacial score (nSPS) is 25.6. The summed E-state index contributed by atoms with van der Waals surface area (Å²) in [6.45, 7) is 12.2. The third kappa shape index (κ3) is 4.85. The van der Waals surface area contributed by atoms with Crippen molar-refractivity contribution in [2.75, 3.05) is 4.90 Å². The first kappa shape index (κ1) is 24.7. The number of hydrogen-bond acceptors (Lipinski definition) is 6. The van der Waals surface area contributed by atoms with E-state index in [0.717, 1.165) is 29.1 Å². The molecule has 2 heterocycles. The van der Waals surface area contributed by atoms with Crippen molar-refractivity contribution < 1.29 is 19.1 Å². The lowest BCUT2D eigenvalue weighted by Crippen LogP contribution is -2.53. The third-order valence-corrected chi connectivity index (χ3v) is 8.02. The van der Waals surface area contributed by atoms with Crippen LogP contribution < -0.4 is 9.64 Å². The maximum atomic E-state index is 13.4. The molecule has 2 aromatic rings. The summed E-state index contributed by atoms with van der Waals surface area (Å²) in [5.41, 5.74) is 2.34. The molecular weight excluding hydrogens is 448 g/mol. The van der Waals surface area contributed by atoms with Gasteiger partial charge in [-0.05, 0) is 69.1 Å². The Labute approximate surface area is 206 Å². The molecule has 1 amide bonds. The largest absolute Gasteiger partial charge is 0.478 e. The molecule has 5 atom stereocenters. The van der Waals surface area contributed by atoms with Crippen molar-refractivity contribution in [3.8, 4) is 17.0 Å². The summed E-state index contributed by atoms with van der Waals surface area (Å²) in [7, 11) is 0. The average Bonchev–Trinajstić information content (AvgIpc) is 3.24. The van der Waals surface area contributed by atoms with Crippen LogP contribution in [-0.2, 0) is 14.3 Å². The number of aromatic nitrogens is 1. The van der Waals surface area contributed by atoms with E-state index in [1.165, 1.54) is 6.42 Å². The minimum atomic E-state index is -0.748. The summed E-state index contributed by atoms with van der Waals surface area (Å²) in [6.07, 6.45) is 2.91. The van der Waals surface area contributed by atoms with Crippen LogP contribution >= 0.6 is 11.3 Å². The molecule has 1 aromatic heterocycles. The Bertz CT molecular complexity index is 1050. The van der Waals surface area contributed by atoms with Gasteiger partial charge in [-0.25, -0.2) is 9.78 Å². The molecule has 5 unspecified atom stereocenters. The highest BCUT2D eigenvalue weighted by Gasteiger charge is 2.41. The van der Waals surface area contributed by atoms with Gasteiger partial charge in [0.2, 0.25) is 0 Å². The number of nitrogens with zero attached hydrogens (tertiary/aromatic N) is 2. The molecule has 6 nitrogen and oxygen atoms in total. The van der Waals surface area contributed by atoms with Crippen LogP contribution in [0.3, 0.4) is 0 Å². The molecule has 1 fully saturated rings. The van der Waals surface area contributed by atoms with Crippen LogP contribution in [-0.4, -0.2) is 35.1 Å². The molecule has 7 heteroatoms. The Morgan fingerprint density at radius 2 is 2.06 bits per heavy atom. The van der Waals surface area contributed by atoms with Gasteiger partial charge in [0.1, 0.15) is 17.9 Å². The molecule has 1 aromatic carbocycles. The second-order valence-electron chi connectivity index (χ2n) is 10.1. The van der Waals surface area contributed by atoms with Crippen molar-refractivity contribution in [2.45, 2.75) is 85.5 Å². The lowest BCUT2D eigenvalue weighted by atomic mass is 9.75. The van der Waals surface area contributed by atoms with Gasteiger partial charge in [0.15, 0.2) is 6.10 Å². The van der Waals surface area contributed by atoms with E-state index in [-0.39, 0.29) is 18.0 Å².